The average molecular weight is 343 g/mol. The number of hydrogen-bond acceptors (Lipinski definition) is 4. The van der Waals surface area contributed by atoms with E-state index in [1.165, 1.54) is 24.1 Å². The minimum absolute atomic E-state index is 0.149. The number of aliphatic hydroxyl groups is 1. The quantitative estimate of drug-likeness (QED) is 0.801. The first-order valence-corrected chi connectivity index (χ1v) is 9.28. The molecule has 1 aromatic heterocycles. The van der Waals surface area contributed by atoms with Crippen molar-refractivity contribution < 1.29 is 9.84 Å². The molecule has 5 nitrogen and oxygen atoms in total. The standard InChI is InChI=1S/C20H29N3O2/c1-25-20-7-3-2-5-18(20)6-4-12-22-13-9-17(10-14-22)19-8-11-21-23(19)15-16-24/h2-3,5,7-8,11,17,24H,4,6,9-10,12-16H2,1H3. The zero-order valence-electron chi connectivity index (χ0n) is 15.1. The number of ether oxygens (including phenoxy) is 1. The number of aryl methyl sites for hydroxylation is 1. The second-order valence-corrected chi connectivity index (χ2v) is 6.73. The molecule has 1 aliphatic rings. The van der Waals surface area contributed by atoms with Crippen LogP contribution in [0.4, 0.5) is 0 Å². The maximum Gasteiger partial charge on any atom is 0.122 e. The summed E-state index contributed by atoms with van der Waals surface area (Å²) in [5, 5.41) is 13.5. The molecule has 0 aliphatic carbocycles. The number of aliphatic hydroxyl groups excluding tert-OH is 1. The Morgan fingerprint density at radius 1 is 1.16 bits per heavy atom. The Hall–Kier alpha value is -1.85. The lowest BCUT2D eigenvalue weighted by Gasteiger charge is -2.32. The van der Waals surface area contributed by atoms with Gasteiger partial charge in [-0.25, -0.2) is 0 Å². The van der Waals surface area contributed by atoms with Crippen molar-refractivity contribution in [2.45, 2.75) is 38.1 Å². The van der Waals surface area contributed by atoms with Gasteiger partial charge in [0.05, 0.1) is 20.3 Å². The summed E-state index contributed by atoms with van der Waals surface area (Å²) in [5.74, 6) is 1.57. The van der Waals surface area contributed by atoms with Gasteiger partial charge in [-0.15, -0.1) is 0 Å². The van der Waals surface area contributed by atoms with Gasteiger partial charge in [0.2, 0.25) is 0 Å². The summed E-state index contributed by atoms with van der Waals surface area (Å²) in [6, 6.07) is 10.4. The fourth-order valence-electron chi connectivity index (χ4n) is 3.83. The van der Waals surface area contributed by atoms with E-state index < -0.39 is 0 Å². The second-order valence-electron chi connectivity index (χ2n) is 6.73. The van der Waals surface area contributed by atoms with Crippen LogP contribution >= 0.6 is 0 Å². The van der Waals surface area contributed by atoms with Crippen molar-refractivity contribution in [3.05, 3.63) is 47.8 Å². The Balaban J connectivity index is 1.44. The maximum absolute atomic E-state index is 9.15. The van der Waals surface area contributed by atoms with Crippen LogP contribution in [0.15, 0.2) is 36.5 Å². The third-order valence-corrected chi connectivity index (χ3v) is 5.18. The SMILES string of the molecule is COc1ccccc1CCCN1CCC(c2ccnn2CCO)CC1. The van der Waals surface area contributed by atoms with Crippen LogP contribution in [0.1, 0.15) is 36.4 Å². The molecule has 0 saturated carbocycles. The predicted octanol–water partition coefficient (Wildman–Crippen LogP) is 2.70. The van der Waals surface area contributed by atoms with Gasteiger partial charge in [-0.3, -0.25) is 4.68 Å². The van der Waals surface area contributed by atoms with E-state index >= 15 is 0 Å². The van der Waals surface area contributed by atoms with E-state index in [1.807, 2.05) is 23.0 Å². The number of para-hydroxylation sites is 1. The zero-order valence-corrected chi connectivity index (χ0v) is 15.1. The highest BCUT2D eigenvalue weighted by Crippen LogP contribution is 2.28. The fourth-order valence-corrected chi connectivity index (χ4v) is 3.83. The second kappa shape index (κ2) is 9.02. The summed E-state index contributed by atoms with van der Waals surface area (Å²) in [7, 11) is 1.74. The first-order valence-electron chi connectivity index (χ1n) is 9.28. The number of nitrogens with zero attached hydrogens (tertiary/aromatic N) is 3. The van der Waals surface area contributed by atoms with Gasteiger partial charge in [0.25, 0.3) is 0 Å². The van der Waals surface area contributed by atoms with Gasteiger partial charge in [0, 0.05) is 17.8 Å². The Labute approximate surface area is 150 Å². The molecule has 5 heteroatoms. The third-order valence-electron chi connectivity index (χ3n) is 5.18. The molecule has 1 aliphatic heterocycles. The molecule has 2 aromatic rings. The van der Waals surface area contributed by atoms with Gasteiger partial charge in [-0.05, 0) is 63.0 Å². The number of benzene rings is 1. The summed E-state index contributed by atoms with van der Waals surface area (Å²) in [4.78, 5) is 2.57. The normalized spacial score (nSPS) is 16.2. The predicted molar refractivity (Wildman–Crippen MR) is 99.0 cm³/mol. The van der Waals surface area contributed by atoms with Crippen LogP contribution in [-0.4, -0.2) is 53.1 Å². The maximum atomic E-state index is 9.15. The van der Waals surface area contributed by atoms with Crippen molar-refractivity contribution in [2.24, 2.45) is 0 Å². The van der Waals surface area contributed by atoms with Crippen LogP contribution in [0, 0.1) is 0 Å². The van der Waals surface area contributed by atoms with Gasteiger partial charge in [-0.2, -0.15) is 5.10 Å². The number of aromatic nitrogens is 2. The summed E-state index contributed by atoms with van der Waals surface area (Å²) in [5.41, 5.74) is 2.58. The number of likely N-dealkylation sites (tertiary alicyclic amines) is 1. The Morgan fingerprint density at radius 3 is 2.72 bits per heavy atom. The van der Waals surface area contributed by atoms with Gasteiger partial charge < -0.3 is 14.7 Å². The van der Waals surface area contributed by atoms with Crippen molar-refractivity contribution in [3.8, 4) is 5.75 Å². The van der Waals surface area contributed by atoms with E-state index in [4.69, 9.17) is 9.84 Å². The van der Waals surface area contributed by atoms with E-state index in [0.717, 1.165) is 38.2 Å². The first-order chi connectivity index (χ1) is 12.3. The summed E-state index contributed by atoms with van der Waals surface area (Å²) < 4.78 is 7.39. The number of rotatable bonds is 8. The van der Waals surface area contributed by atoms with Gasteiger partial charge in [-0.1, -0.05) is 18.2 Å². The highest BCUT2D eigenvalue weighted by molar-refractivity contribution is 5.33. The molecule has 1 fully saturated rings. The molecule has 3 rings (SSSR count). The third kappa shape index (κ3) is 4.61. The molecular weight excluding hydrogens is 314 g/mol. The van der Waals surface area contributed by atoms with Crippen molar-refractivity contribution in [2.75, 3.05) is 33.4 Å². The first kappa shape index (κ1) is 18.0. The molecule has 0 spiro atoms. The van der Waals surface area contributed by atoms with E-state index in [0.29, 0.717) is 12.5 Å². The minimum atomic E-state index is 0.149. The number of methoxy groups -OCH3 is 1. The lowest BCUT2D eigenvalue weighted by Crippen LogP contribution is -2.34. The Kier molecular flexibility index (Phi) is 6.48. The Bertz CT molecular complexity index is 648. The average Bonchev–Trinajstić information content (AvgIpc) is 3.11. The minimum Gasteiger partial charge on any atom is -0.496 e. The molecule has 1 N–H and O–H groups in total. The molecule has 0 bridgehead atoms. The molecule has 0 amide bonds. The topological polar surface area (TPSA) is 50.5 Å². The van der Waals surface area contributed by atoms with Crippen molar-refractivity contribution >= 4 is 0 Å². The summed E-state index contributed by atoms with van der Waals surface area (Å²) >= 11 is 0. The van der Waals surface area contributed by atoms with E-state index in [1.54, 1.807) is 7.11 Å². The van der Waals surface area contributed by atoms with E-state index in [9.17, 15) is 0 Å². The molecular formula is C20H29N3O2. The van der Waals surface area contributed by atoms with Crippen molar-refractivity contribution in [3.63, 3.8) is 0 Å². The lowest BCUT2D eigenvalue weighted by atomic mass is 9.93. The summed E-state index contributed by atoms with van der Waals surface area (Å²) in [6.45, 7) is 4.17. The van der Waals surface area contributed by atoms with Crippen molar-refractivity contribution in [1.82, 2.24) is 14.7 Å². The van der Waals surface area contributed by atoms with Gasteiger partial charge in [0.1, 0.15) is 5.75 Å². The smallest absolute Gasteiger partial charge is 0.122 e. The molecule has 25 heavy (non-hydrogen) atoms. The van der Waals surface area contributed by atoms with Crippen LogP contribution in [-0.2, 0) is 13.0 Å². The van der Waals surface area contributed by atoms with Gasteiger partial charge >= 0.3 is 0 Å². The molecule has 1 aromatic carbocycles. The molecule has 0 atom stereocenters. The molecule has 2 heterocycles. The largest absolute Gasteiger partial charge is 0.496 e. The van der Waals surface area contributed by atoms with Crippen LogP contribution in [0.25, 0.3) is 0 Å². The zero-order chi connectivity index (χ0) is 17.5. The monoisotopic (exact) mass is 343 g/mol. The lowest BCUT2D eigenvalue weighted by molar-refractivity contribution is 0.204. The van der Waals surface area contributed by atoms with Crippen LogP contribution in [0.2, 0.25) is 0 Å². The molecule has 0 unspecified atom stereocenters. The fraction of sp³-hybridized carbons (Fsp3) is 0.550. The van der Waals surface area contributed by atoms with E-state index in [-0.39, 0.29) is 6.61 Å². The van der Waals surface area contributed by atoms with Crippen molar-refractivity contribution in [1.29, 1.82) is 0 Å². The number of hydrogen-bond donors (Lipinski definition) is 1. The molecule has 0 radical (unpaired) electrons. The molecule has 1 saturated heterocycles. The summed E-state index contributed by atoms with van der Waals surface area (Å²) in [6.07, 6.45) is 6.42. The highest BCUT2D eigenvalue weighted by atomic mass is 16.5. The molecule has 136 valence electrons. The van der Waals surface area contributed by atoms with E-state index in [2.05, 4.69) is 28.2 Å². The Morgan fingerprint density at radius 2 is 1.96 bits per heavy atom. The van der Waals surface area contributed by atoms with Crippen LogP contribution in [0.5, 0.6) is 5.75 Å². The number of piperidine rings is 1. The van der Waals surface area contributed by atoms with Crippen LogP contribution in [0.3, 0.4) is 0 Å². The highest BCUT2D eigenvalue weighted by Gasteiger charge is 2.22. The van der Waals surface area contributed by atoms with Crippen LogP contribution < -0.4 is 4.74 Å². The van der Waals surface area contributed by atoms with Gasteiger partial charge in [0.15, 0.2) is 0 Å².